The Labute approximate surface area is 101 Å². The van der Waals surface area contributed by atoms with Gasteiger partial charge in [0.15, 0.2) is 5.82 Å². The summed E-state index contributed by atoms with van der Waals surface area (Å²) in [7, 11) is 0. The molecular formula is C12H18N4O. The SMILES string of the molecule is CC(C)c1cnc(C=N)c(NCC2CCO2)n1. The van der Waals surface area contributed by atoms with E-state index in [9.17, 15) is 0 Å². The fourth-order valence-corrected chi connectivity index (χ4v) is 1.58. The van der Waals surface area contributed by atoms with E-state index in [0.29, 0.717) is 17.4 Å². The van der Waals surface area contributed by atoms with Crippen molar-refractivity contribution in [2.24, 2.45) is 0 Å². The molecule has 1 aromatic heterocycles. The molecular weight excluding hydrogens is 216 g/mol. The van der Waals surface area contributed by atoms with Gasteiger partial charge in [0.1, 0.15) is 5.69 Å². The van der Waals surface area contributed by atoms with Gasteiger partial charge in [0.25, 0.3) is 0 Å². The lowest BCUT2D eigenvalue weighted by Gasteiger charge is -2.26. The van der Waals surface area contributed by atoms with E-state index >= 15 is 0 Å². The van der Waals surface area contributed by atoms with Gasteiger partial charge in [0, 0.05) is 25.6 Å². The Morgan fingerprint density at radius 1 is 1.65 bits per heavy atom. The zero-order valence-corrected chi connectivity index (χ0v) is 10.2. The summed E-state index contributed by atoms with van der Waals surface area (Å²) in [6, 6.07) is 0. The summed E-state index contributed by atoms with van der Waals surface area (Å²) in [6.07, 6.45) is 4.32. The molecule has 2 N–H and O–H groups in total. The standard InChI is InChI=1S/C12H18N4O/c1-8(2)11-7-14-10(5-13)12(16-11)15-6-9-3-4-17-9/h5,7-9,13H,3-4,6H2,1-2H3,(H,15,16). The van der Waals surface area contributed by atoms with Crippen molar-refractivity contribution < 1.29 is 4.74 Å². The smallest absolute Gasteiger partial charge is 0.153 e. The van der Waals surface area contributed by atoms with Gasteiger partial charge in [-0.15, -0.1) is 0 Å². The lowest BCUT2D eigenvalue weighted by Crippen LogP contribution is -2.34. The van der Waals surface area contributed by atoms with E-state index in [1.807, 2.05) is 0 Å². The summed E-state index contributed by atoms with van der Waals surface area (Å²) in [5.41, 5.74) is 1.52. The van der Waals surface area contributed by atoms with Gasteiger partial charge >= 0.3 is 0 Å². The zero-order chi connectivity index (χ0) is 12.3. The monoisotopic (exact) mass is 234 g/mol. The van der Waals surface area contributed by atoms with Crippen LogP contribution in [-0.2, 0) is 4.74 Å². The van der Waals surface area contributed by atoms with Gasteiger partial charge in [-0.25, -0.2) is 9.97 Å². The Morgan fingerprint density at radius 2 is 2.41 bits per heavy atom. The lowest BCUT2D eigenvalue weighted by molar-refractivity contribution is -0.0410. The Morgan fingerprint density at radius 3 is 2.94 bits per heavy atom. The number of hydrogen-bond acceptors (Lipinski definition) is 5. The molecule has 92 valence electrons. The maximum atomic E-state index is 7.31. The van der Waals surface area contributed by atoms with Gasteiger partial charge in [-0.3, -0.25) is 0 Å². The minimum atomic E-state index is 0.276. The molecule has 1 saturated heterocycles. The van der Waals surface area contributed by atoms with Gasteiger partial charge < -0.3 is 15.5 Å². The molecule has 0 spiro atoms. The fraction of sp³-hybridized carbons (Fsp3) is 0.583. The number of nitrogens with zero attached hydrogens (tertiary/aromatic N) is 2. The van der Waals surface area contributed by atoms with Crippen LogP contribution in [0.15, 0.2) is 6.20 Å². The van der Waals surface area contributed by atoms with Gasteiger partial charge in [0.05, 0.1) is 11.8 Å². The molecule has 0 saturated carbocycles. The highest BCUT2D eigenvalue weighted by atomic mass is 16.5. The molecule has 2 heterocycles. The highest BCUT2D eigenvalue weighted by Crippen LogP contribution is 2.17. The number of ether oxygens (including phenoxy) is 1. The highest BCUT2D eigenvalue weighted by Gasteiger charge is 2.18. The predicted octanol–water partition coefficient (Wildman–Crippen LogP) is 1.80. The van der Waals surface area contributed by atoms with E-state index < -0.39 is 0 Å². The summed E-state index contributed by atoms with van der Waals surface area (Å²) in [5, 5.41) is 10.5. The Balaban J connectivity index is 2.10. The predicted molar refractivity (Wildman–Crippen MR) is 66.9 cm³/mol. The Bertz CT molecular complexity index is 401. The molecule has 0 radical (unpaired) electrons. The second-order valence-electron chi connectivity index (χ2n) is 4.49. The van der Waals surface area contributed by atoms with Crippen LogP contribution >= 0.6 is 0 Å². The minimum Gasteiger partial charge on any atom is -0.376 e. The normalized spacial score (nSPS) is 18.9. The van der Waals surface area contributed by atoms with Gasteiger partial charge in [-0.2, -0.15) is 0 Å². The van der Waals surface area contributed by atoms with Crippen LogP contribution in [0.3, 0.4) is 0 Å². The van der Waals surface area contributed by atoms with Crippen molar-refractivity contribution in [3.05, 3.63) is 17.6 Å². The molecule has 0 aromatic carbocycles. The van der Waals surface area contributed by atoms with Crippen LogP contribution in [0.4, 0.5) is 5.82 Å². The molecule has 0 aliphatic carbocycles. The third-order valence-corrected chi connectivity index (χ3v) is 2.84. The first-order chi connectivity index (χ1) is 8.20. The van der Waals surface area contributed by atoms with Crippen molar-refractivity contribution in [2.75, 3.05) is 18.5 Å². The largest absolute Gasteiger partial charge is 0.376 e. The molecule has 0 bridgehead atoms. The van der Waals surface area contributed by atoms with Crippen molar-refractivity contribution in [3.63, 3.8) is 0 Å². The Kier molecular flexibility index (Phi) is 3.68. The molecule has 2 rings (SSSR count). The molecule has 1 atom stereocenters. The summed E-state index contributed by atoms with van der Waals surface area (Å²) >= 11 is 0. The second kappa shape index (κ2) is 5.23. The maximum absolute atomic E-state index is 7.31. The van der Waals surface area contributed by atoms with Crippen molar-refractivity contribution in [1.29, 1.82) is 5.41 Å². The Hall–Kier alpha value is -1.49. The van der Waals surface area contributed by atoms with Gasteiger partial charge in [-0.1, -0.05) is 13.8 Å². The van der Waals surface area contributed by atoms with Gasteiger partial charge in [0.2, 0.25) is 0 Å². The van der Waals surface area contributed by atoms with E-state index in [2.05, 4.69) is 29.1 Å². The zero-order valence-electron chi connectivity index (χ0n) is 10.2. The maximum Gasteiger partial charge on any atom is 0.153 e. The summed E-state index contributed by atoms with van der Waals surface area (Å²) < 4.78 is 5.34. The first kappa shape index (κ1) is 12.0. The number of hydrogen-bond donors (Lipinski definition) is 2. The quantitative estimate of drug-likeness (QED) is 0.762. The number of nitrogens with one attached hydrogen (secondary N) is 2. The van der Waals surface area contributed by atoms with Crippen LogP contribution in [0.1, 0.15) is 37.6 Å². The third-order valence-electron chi connectivity index (χ3n) is 2.84. The summed E-state index contributed by atoms with van der Waals surface area (Å²) in [5.74, 6) is 1.02. The summed E-state index contributed by atoms with van der Waals surface area (Å²) in [4.78, 5) is 8.72. The van der Waals surface area contributed by atoms with E-state index in [0.717, 1.165) is 25.3 Å². The molecule has 5 nitrogen and oxygen atoms in total. The molecule has 5 heteroatoms. The lowest BCUT2D eigenvalue weighted by atomic mass is 10.1. The topological polar surface area (TPSA) is 70.9 Å². The van der Waals surface area contributed by atoms with Crippen molar-refractivity contribution in [3.8, 4) is 0 Å². The van der Waals surface area contributed by atoms with Crippen molar-refractivity contribution in [2.45, 2.75) is 32.3 Å². The van der Waals surface area contributed by atoms with E-state index in [-0.39, 0.29) is 6.10 Å². The number of aromatic nitrogens is 2. The average molecular weight is 234 g/mol. The first-order valence-corrected chi connectivity index (χ1v) is 5.93. The van der Waals surface area contributed by atoms with Crippen LogP contribution in [0, 0.1) is 5.41 Å². The average Bonchev–Trinajstić information content (AvgIpc) is 2.26. The van der Waals surface area contributed by atoms with Crippen LogP contribution in [0.2, 0.25) is 0 Å². The van der Waals surface area contributed by atoms with Crippen LogP contribution < -0.4 is 5.32 Å². The molecule has 0 amide bonds. The molecule has 1 aromatic rings. The van der Waals surface area contributed by atoms with Crippen molar-refractivity contribution in [1.82, 2.24) is 9.97 Å². The van der Waals surface area contributed by atoms with Crippen LogP contribution in [0.25, 0.3) is 0 Å². The van der Waals surface area contributed by atoms with Crippen LogP contribution in [0.5, 0.6) is 0 Å². The molecule has 1 unspecified atom stereocenters. The fourth-order valence-electron chi connectivity index (χ4n) is 1.58. The third kappa shape index (κ3) is 2.79. The minimum absolute atomic E-state index is 0.276. The first-order valence-electron chi connectivity index (χ1n) is 5.93. The molecule has 17 heavy (non-hydrogen) atoms. The number of anilines is 1. The molecule has 1 fully saturated rings. The van der Waals surface area contributed by atoms with E-state index in [4.69, 9.17) is 10.1 Å². The second-order valence-corrected chi connectivity index (χ2v) is 4.49. The van der Waals surface area contributed by atoms with Crippen molar-refractivity contribution >= 4 is 12.0 Å². The van der Waals surface area contributed by atoms with E-state index in [1.165, 1.54) is 6.21 Å². The molecule has 1 aliphatic heterocycles. The van der Waals surface area contributed by atoms with Crippen LogP contribution in [-0.4, -0.2) is 35.4 Å². The summed E-state index contributed by atoms with van der Waals surface area (Å²) in [6.45, 7) is 5.73. The number of rotatable bonds is 5. The van der Waals surface area contributed by atoms with E-state index in [1.54, 1.807) is 6.20 Å². The highest BCUT2D eigenvalue weighted by molar-refractivity contribution is 5.81. The molecule has 1 aliphatic rings. The van der Waals surface area contributed by atoms with Gasteiger partial charge in [-0.05, 0) is 12.3 Å².